The predicted molar refractivity (Wildman–Crippen MR) is 123 cm³/mol. The highest BCUT2D eigenvalue weighted by Crippen LogP contribution is 2.34. The van der Waals surface area contributed by atoms with Crippen molar-refractivity contribution in [2.24, 2.45) is 4.99 Å². The summed E-state index contributed by atoms with van der Waals surface area (Å²) in [6.45, 7) is 2.12. The van der Waals surface area contributed by atoms with Gasteiger partial charge < -0.3 is 10.5 Å². The van der Waals surface area contributed by atoms with Crippen molar-refractivity contribution in [2.45, 2.75) is 34.5 Å². The third-order valence-electron chi connectivity index (χ3n) is 3.65. The Morgan fingerprint density at radius 1 is 1.14 bits per heavy atom. The molecule has 5 nitrogen and oxygen atoms in total. The van der Waals surface area contributed by atoms with Crippen LogP contribution in [0.15, 0.2) is 62.1 Å². The number of carbonyl (C=O) groups excluding carboxylic acids is 1. The maximum Gasteiger partial charge on any atom is 0.412 e. The van der Waals surface area contributed by atoms with E-state index in [1.807, 2.05) is 18.2 Å². The van der Waals surface area contributed by atoms with Crippen LogP contribution in [0.1, 0.15) is 19.8 Å². The van der Waals surface area contributed by atoms with E-state index in [0.29, 0.717) is 16.5 Å². The van der Waals surface area contributed by atoms with Gasteiger partial charge in [0.2, 0.25) is 0 Å². The fourth-order valence-electron chi connectivity index (χ4n) is 2.13. The Bertz CT molecular complexity index is 811. The molecular weight excluding hydrogens is 410 g/mol. The number of anilines is 1. The summed E-state index contributed by atoms with van der Waals surface area (Å²) in [5, 5.41) is 3.14. The second-order valence-electron chi connectivity index (χ2n) is 5.73. The number of aliphatic imine (C=N–C) groups is 1. The molecule has 0 spiro atoms. The Hall–Kier alpha value is -1.77. The largest absolute Gasteiger partial charge is 0.453 e. The molecule has 0 fully saturated rings. The standard InChI is InChI=1S/C20H25N3O2S3/c1-4-5-12-27-19(23-20(24)25-2)22-18-11-10-16(13-17(18)21)28-15-8-6-14(26-3)7-9-15/h6-11,13H,4-5,12,21H2,1-3H3,(H,22,23,24). The number of methoxy groups -OCH3 is 1. The number of ether oxygens (including phenoxy) is 1. The van der Waals surface area contributed by atoms with Crippen LogP contribution in [-0.2, 0) is 4.74 Å². The summed E-state index contributed by atoms with van der Waals surface area (Å²) in [5.41, 5.74) is 7.39. The van der Waals surface area contributed by atoms with Crippen molar-refractivity contribution in [2.75, 3.05) is 24.9 Å². The summed E-state index contributed by atoms with van der Waals surface area (Å²) in [5.74, 6) is 0.860. The first-order valence-corrected chi connectivity index (χ1v) is 11.9. The highest BCUT2D eigenvalue weighted by atomic mass is 32.2. The van der Waals surface area contributed by atoms with Gasteiger partial charge >= 0.3 is 6.09 Å². The number of unbranched alkanes of at least 4 members (excludes halogenated alkanes) is 1. The van der Waals surface area contributed by atoms with Crippen LogP contribution in [-0.4, -0.2) is 30.4 Å². The Labute approximate surface area is 179 Å². The molecule has 0 saturated carbocycles. The molecule has 0 bridgehead atoms. The number of nitrogens with two attached hydrogens (primary N) is 1. The number of carbonyl (C=O) groups is 1. The second-order valence-corrected chi connectivity index (χ2v) is 8.84. The number of nitrogens with zero attached hydrogens (tertiary/aromatic N) is 1. The number of alkyl carbamates (subject to hydrolysis) is 1. The average Bonchev–Trinajstić information content (AvgIpc) is 2.70. The zero-order valence-electron chi connectivity index (χ0n) is 16.2. The van der Waals surface area contributed by atoms with Crippen LogP contribution >= 0.6 is 35.3 Å². The van der Waals surface area contributed by atoms with Gasteiger partial charge in [-0.15, -0.1) is 11.8 Å². The predicted octanol–water partition coefficient (Wildman–Crippen LogP) is 6.02. The van der Waals surface area contributed by atoms with E-state index in [1.165, 1.54) is 23.8 Å². The molecule has 2 aromatic rings. The molecule has 0 saturated heterocycles. The number of hydrogen-bond acceptors (Lipinski definition) is 7. The smallest absolute Gasteiger partial charge is 0.412 e. The first kappa shape index (κ1) is 22.5. The highest BCUT2D eigenvalue weighted by Gasteiger charge is 2.09. The molecule has 0 aliphatic heterocycles. The molecule has 2 rings (SSSR count). The van der Waals surface area contributed by atoms with Crippen molar-refractivity contribution in [3.05, 3.63) is 42.5 Å². The number of benzene rings is 2. The summed E-state index contributed by atoms with van der Waals surface area (Å²) >= 11 is 4.85. The minimum Gasteiger partial charge on any atom is -0.453 e. The summed E-state index contributed by atoms with van der Waals surface area (Å²) in [7, 11) is 1.33. The topological polar surface area (TPSA) is 76.7 Å². The van der Waals surface area contributed by atoms with Crippen LogP contribution in [0, 0.1) is 0 Å². The van der Waals surface area contributed by atoms with Crippen LogP contribution in [0.25, 0.3) is 0 Å². The first-order chi connectivity index (χ1) is 13.5. The number of hydrogen-bond donors (Lipinski definition) is 2. The molecule has 0 unspecified atom stereocenters. The van der Waals surface area contributed by atoms with Crippen LogP contribution in [0.2, 0.25) is 0 Å². The van der Waals surface area contributed by atoms with Crippen molar-refractivity contribution in [1.29, 1.82) is 0 Å². The van der Waals surface area contributed by atoms with Crippen molar-refractivity contribution in [3.63, 3.8) is 0 Å². The lowest BCUT2D eigenvalue weighted by atomic mass is 10.3. The van der Waals surface area contributed by atoms with Crippen LogP contribution in [0.5, 0.6) is 0 Å². The van der Waals surface area contributed by atoms with E-state index < -0.39 is 6.09 Å². The number of thioether (sulfide) groups is 2. The molecule has 3 N–H and O–H groups in total. The van der Waals surface area contributed by atoms with Crippen molar-refractivity contribution >= 4 is 57.9 Å². The second kappa shape index (κ2) is 11.9. The summed E-state index contributed by atoms with van der Waals surface area (Å²) in [6.07, 6.45) is 3.63. The lowest BCUT2D eigenvalue weighted by Gasteiger charge is -2.09. The molecule has 0 aliphatic carbocycles. The molecule has 0 radical (unpaired) electrons. The summed E-state index contributed by atoms with van der Waals surface area (Å²) < 4.78 is 4.68. The summed E-state index contributed by atoms with van der Waals surface area (Å²) in [4.78, 5) is 19.5. The van der Waals surface area contributed by atoms with E-state index in [9.17, 15) is 4.79 Å². The lowest BCUT2D eigenvalue weighted by Crippen LogP contribution is -2.28. The maximum absolute atomic E-state index is 11.6. The average molecular weight is 436 g/mol. The third kappa shape index (κ3) is 7.33. The van der Waals surface area contributed by atoms with E-state index in [-0.39, 0.29) is 0 Å². The van der Waals surface area contributed by atoms with E-state index in [0.717, 1.165) is 28.4 Å². The van der Waals surface area contributed by atoms with Crippen LogP contribution in [0.4, 0.5) is 16.2 Å². The third-order valence-corrected chi connectivity index (χ3v) is 6.35. The molecule has 2 aromatic carbocycles. The monoisotopic (exact) mass is 435 g/mol. The van der Waals surface area contributed by atoms with Crippen molar-refractivity contribution in [3.8, 4) is 0 Å². The van der Waals surface area contributed by atoms with Gasteiger partial charge in [0.15, 0.2) is 5.17 Å². The Morgan fingerprint density at radius 3 is 2.43 bits per heavy atom. The number of rotatable bonds is 7. The molecule has 0 aliphatic rings. The zero-order chi connectivity index (χ0) is 20.4. The van der Waals surface area contributed by atoms with Gasteiger partial charge in [0.1, 0.15) is 0 Å². The molecule has 1 amide bonds. The molecule has 28 heavy (non-hydrogen) atoms. The Kier molecular flexibility index (Phi) is 9.60. The van der Waals surface area contributed by atoms with Crippen LogP contribution in [0.3, 0.4) is 0 Å². The van der Waals surface area contributed by atoms with E-state index >= 15 is 0 Å². The Morgan fingerprint density at radius 2 is 1.82 bits per heavy atom. The van der Waals surface area contributed by atoms with Gasteiger partial charge in [0, 0.05) is 20.4 Å². The molecular formula is C20H25N3O2S3. The number of nitrogens with one attached hydrogen (secondary N) is 1. The highest BCUT2D eigenvalue weighted by molar-refractivity contribution is 8.13. The van der Waals surface area contributed by atoms with Crippen molar-refractivity contribution in [1.82, 2.24) is 5.32 Å². The Balaban J connectivity index is 2.14. The van der Waals surface area contributed by atoms with Gasteiger partial charge in [-0.2, -0.15) is 0 Å². The van der Waals surface area contributed by atoms with Gasteiger partial charge in [-0.1, -0.05) is 36.9 Å². The first-order valence-electron chi connectivity index (χ1n) is 8.83. The number of amidine groups is 1. The quantitative estimate of drug-likeness (QED) is 0.182. The lowest BCUT2D eigenvalue weighted by molar-refractivity contribution is 0.177. The number of amides is 1. The molecule has 150 valence electrons. The minimum atomic E-state index is -0.540. The van der Waals surface area contributed by atoms with Gasteiger partial charge in [0.25, 0.3) is 0 Å². The van der Waals surface area contributed by atoms with Gasteiger partial charge in [0.05, 0.1) is 18.5 Å². The van der Waals surface area contributed by atoms with Crippen molar-refractivity contribution < 1.29 is 9.53 Å². The molecule has 8 heteroatoms. The van der Waals surface area contributed by atoms with Crippen LogP contribution < -0.4 is 11.1 Å². The SMILES string of the molecule is CCCCSC(=Nc1ccc(Sc2ccc(SC)cc2)cc1N)NC(=O)OC. The summed E-state index contributed by atoms with van der Waals surface area (Å²) in [6, 6.07) is 14.2. The zero-order valence-corrected chi connectivity index (χ0v) is 18.7. The minimum absolute atomic E-state index is 0.486. The van der Waals surface area contributed by atoms with E-state index in [2.05, 4.69) is 52.5 Å². The number of nitrogen functional groups attached to an aromatic ring is 1. The van der Waals surface area contributed by atoms with Gasteiger partial charge in [-0.3, -0.25) is 5.32 Å². The fraction of sp³-hybridized carbons (Fsp3) is 0.300. The van der Waals surface area contributed by atoms with Gasteiger partial charge in [-0.25, -0.2) is 9.79 Å². The molecule has 0 heterocycles. The molecule has 0 atom stereocenters. The van der Waals surface area contributed by atoms with E-state index in [4.69, 9.17) is 5.73 Å². The van der Waals surface area contributed by atoms with Gasteiger partial charge in [-0.05, 0) is 55.1 Å². The normalized spacial score (nSPS) is 11.3. The van der Waals surface area contributed by atoms with E-state index in [1.54, 1.807) is 23.5 Å². The molecule has 0 aromatic heterocycles. The maximum atomic E-state index is 11.6. The fourth-order valence-corrected chi connectivity index (χ4v) is 4.35.